The summed E-state index contributed by atoms with van der Waals surface area (Å²) < 4.78 is 17.6. The molecular formula is C23H34BClN2O5. The Labute approximate surface area is 196 Å². The van der Waals surface area contributed by atoms with Gasteiger partial charge in [0.15, 0.2) is 0 Å². The van der Waals surface area contributed by atoms with Gasteiger partial charge in [0.25, 0.3) is 5.91 Å². The molecule has 3 rings (SSSR count). The Morgan fingerprint density at radius 1 is 1.19 bits per heavy atom. The summed E-state index contributed by atoms with van der Waals surface area (Å²) in [5, 5.41) is 3.37. The molecule has 1 aromatic carbocycles. The van der Waals surface area contributed by atoms with Gasteiger partial charge in [-0.3, -0.25) is 4.79 Å². The topological polar surface area (TPSA) is 77.1 Å². The van der Waals surface area contributed by atoms with Crippen LogP contribution in [0.15, 0.2) is 18.2 Å². The van der Waals surface area contributed by atoms with E-state index in [1.807, 2.05) is 48.5 Å². The molecule has 2 heterocycles. The molecule has 2 aliphatic rings. The number of hydrogen-bond acceptors (Lipinski definition) is 5. The summed E-state index contributed by atoms with van der Waals surface area (Å²) in [6, 6.07) is 5.01. The van der Waals surface area contributed by atoms with Gasteiger partial charge in [-0.25, -0.2) is 4.79 Å². The highest BCUT2D eigenvalue weighted by atomic mass is 35.5. The Morgan fingerprint density at radius 2 is 1.81 bits per heavy atom. The van der Waals surface area contributed by atoms with Crippen LogP contribution in [0.2, 0.25) is 5.02 Å². The molecule has 0 radical (unpaired) electrons. The molecule has 1 aromatic rings. The van der Waals surface area contributed by atoms with Gasteiger partial charge in [-0.15, -0.1) is 0 Å². The summed E-state index contributed by atoms with van der Waals surface area (Å²) >= 11 is 6.44. The number of likely N-dealkylation sites (tertiary alicyclic amines) is 1. The second-order valence-corrected chi connectivity index (χ2v) is 11.0. The molecule has 2 aliphatic heterocycles. The number of benzene rings is 1. The fourth-order valence-corrected chi connectivity index (χ4v) is 3.97. The second-order valence-electron chi connectivity index (χ2n) is 10.6. The van der Waals surface area contributed by atoms with Gasteiger partial charge < -0.3 is 24.3 Å². The van der Waals surface area contributed by atoms with Crippen molar-refractivity contribution in [2.75, 3.05) is 13.1 Å². The lowest BCUT2D eigenvalue weighted by Crippen LogP contribution is -2.50. The van der Waals surface area contributed by atoms with Crippen LogP contribution < -0.4 is 10.8 Å². The summed E-state index contributed by atoms with van der Waals surface area (Å²) in [5.41, 5.74) is -0.432. The zero-order valence-electron chi connectivity index (χ0n) is 20.1. The number of ether oxygens (including phenoxy) is 1. The molecule has 0 saturated carbocycles. The van der Waals surface area contributed by atoms with Crippen molar-refractivity contribution in [3.05, 3.63) is 28.8 Å². The maximum Gasteiger partial charge on any atom is 0.496 e. The average Bonchev–Trinajstić information content (AvgIpc) is 2.87. The van der Waals surface area contributed by atoms with E-state index < -0.39 is 30.0 Å². The lowest BCUT2D eigenvalue weighted by molar-refractivity contribution is 0.00578. The normalized spacial score (nSPS) is 22.6. The number of hydrogen-bond donors (Lipinski definition) is 1. The molecule has 9 heteroatoms. The van der Waals surface area contributed by atoms with Crippen molar-refractivity contribution in [2.24, 2.45) is 0 Å². The fourth-order valence-electron chi connectivity index (χ4n) is 3.76. The van der Waals surface area contributed by atoms with Crippen LogP contribution in [0.5, 0.6) is 0 Å². The van der Waals surface area contributed by atoms with Gasteiger partial charge >= 0.3 is 13.2 Å². The summed E-state index contributed by atoms with van der Waals surface area (Å²) in [6.07, 6.45) is 1.12. The molecule has 2 amide bonds. The van der Waals surface area contributed by atoms with Gasteiger partial charge in [-0.2, -0.15) is 0 Å². The Morgan fingerprint density at radius 3 is 2.41 bits per heavy atom. The fraction of sp³-hybridized carbons (Fsp3) is 0.652. The molecule has 0 aromatic heterocycles. The van der Waals surface area contributed by atoms with Gasteiger partial charge in [-0.05, 0) is 79.5 Å². The standard InChI is InChI=1S/C23H34BClN2O5/c1-21(2,3)30-20(29)26-16-9-8-12-27(14-16)19(28)15-10-11-18(25)17(13-15)24-31-22(4,5)23(6,7)32-24/h10-11,13,16H,8-9,12,14H2,1-7H3,(H,26,29)/t16-/m0/s1. The Hall–Kier alpha value is -1.77. The summed E-state index contributed by atoms with van der Waals surface area (Å²) in [4.78, 5) is 27.1. The van der Waals surface area contributed by atoms with E-state index in [1.165, 1.54) is 0 Å². The number of amides is 2. The van der Waals surface area contributed by atoms with E-state index in [4.69, 9.17) is 25.6 Å². The lowest BCUT2D eigenvalue weighted by atomic mass is 9.78. The molecule has 0 aliphatic carbocycles. The Kier molecular flexibility index (Phi) is 6.90. The third-order valence-electron chi connectivity index (χ3n) is 6.18. The van der Waals surface area contributed by atoms with Crippen molar-refractivity contribution >= 4 is 36.2 Å². The van der Waals surface area contributed by atoms with E-state index in [1.54, 1.807) is 23.1 Å². The highest BCUT2D eigenvalue weighted by molar-refractivity contribution is 6.65. The lowest BCUT2D eigenvalue weighted by Gasteiger charge is -2.33. The first kappa shape index (κ1) is 24.9. The molecule has 2 saturated heterocycles. The van der Waals surface area contributed by atoms with Crippen molar-refractivity contribution in [1.29, 1.82) is 0 Å². The number of alkyl carbamates (subject to hydrolysis) is 1. The third-order valence-corrected chi connectivity index (χ3v) is 6.52. The molecule has 176 valence electrons. The number of nitrogens with zero attached hydrogens (tertiary/aromatic N) is 1. The molecule has 0 unspecified atom stereocenters. The van der Waals surface area contributed by atoms with Gasteiger partial charge in [-0.1, -0.05) is 11.6 Å². The van der Waals surface area contributed by atoms with Gasteiger partial charge in [0.2, 0.25) is 0 Å². The Bertz CT molecular complexity index is 868. The van der Waals surface area contributed by atoms with Crippen LogP contribution in [0.4, 0.5) is 4.79 Å². The molecule has 0 spiro atoms. The van der Waals surface area contributed by atoms with Gasteiger partial charge in [0.1, 0.15) is 5.60 Å². The van der Waals surface area contributed by atoms with Crippen molar-refractivity contribution in [2.45, 2.75) is 84.2 Å². The molecule has 1 atom stereocenters. The predicted molar refractivity (Wildman–Crippen MR) is 125 cm³/mol. The van der Waals surface area contributed by atoms with Crippen LogP contribution in [-0.2, 0) is 14.0 Å². The highest BCUT2D eigenvalue weighted by Crippen LogP contribution is 2.37. The van der Waals surface area contributed by atoms with Crippen LogP contribution >= 0.6 is 11.6 Å². The first-order chi connectivity index (χ1) is 14.7. The minimum atomic E-state index is -0.650. The van der Waals surface area contributed by atoms with E-state index in [-0.39, 0.29) is 11.9 Å². The average molecular weight is 465 g/mol. The van der Waals surface area contributed by atoms with Crippen molar-refractivity contribution < 1.29 is 23.6 Å². The zero-order chi connectivity index (χ0) is 23.9. The first-order valence-electron chi connectivity index (χ1n) is 11.1. The number of nitrogens with one attached hydrogen (secondary N) is 1. The number of halogens is 1. The maximum absolute atomic E-state index is 13.3. The van der Waals surface area contributed by atoms with Crippen LogP contribution in [0, 0.1) is 0 Å². The van der Waals surface area contributed by atoms with E-state index in [2.05, 4.69) is 5.32 Å². The molecule has 0 bridgehead atoms. The molecular weight excluding hydrogens is 431 g/mol. The summed E-state index contributed by atoms with van der Waals surface area (Å²) in [5.74, 6) is -0.116. The zero-order valence-corrected chi connectivity index (χ0v) is 20.8. The van der Waals surface area contributed by atoms with Crippen LogP contribution in [0.25, 0.3) is 0 Å². The van der Waals surface area contributed by atoms with Crippen LogP contribution in [0.1, 0.15) is 71.7 Å². The van der Waals surface area contributed by atoms with Crippen molar-refractivity contribution in [1.82, 2.24) is 10.2 Å². The van der Waals surface area contributed by atoms with E-state index >= 15 is 0 Å². The third kappa shape index (κ3) is 5.59. The molecule has 32 heavy (non-hydrogen) atoms. The molecule has 2 fully saturated rings. The minimum absolute atomic E-state index is 0.116. The van der Waals surface area contributed by atoms with Gasteiger partial charge in [0, 0.05) is 35.2 Å². The van der Waals surface area contributed by atoms with Crippen LogP contribution in [-0.4, -0.2) is 60.0 Å². The number of carbonyl (C=O) groups is 2. The number of piperidine rings is 1. The van der Waals surface area contributed by atoms with E-state index in [0.717, 1.165) is 12.8 Å². The van der Waals surface area contributed by atoms with Crippen LogP contribution in [0.3, 0.4) is 0 Å². The van der Waals surface area contributed by atoms with Gasteiger partial charge in [0.05, 0.1) is 11.2 Å². The minimum Gasteiger partial charge on any atom is -0.444 e. The Balaban J connectivity index is 1.71. The van der Waals surface area contributed by atoms with E-state index in [9.17, 15) is 9.59 Å². The number of carbonyl (C=O) groups excluding carboxylic acids is 2. The quantitative estimate of drug-likeness (QED) is 0.689. The van der Waals surface area contributed by atoms with Crippen molar-refractivity contribution in [3.8, 4) is 0 Å². The molecule has 1 N–H and O–H groups in total. The summed E-state index contributed by atoms with van der Waals surface area (Å²) in [7, 11) is -0.650. The SMILES string of the molecule is CC(C)(C)OC(=O)N[C@H]1CCCN(C(=O)c2ccc(Cl)c(B3OC(C)(C)C(C)(C)O3)c2)C1. The van der Waals surface area contributed by atoms with Crippen molar-refractivity contribution in [3.63, 3.8) is 0 Å². The molecule has 7 nitrogen and oxygen atoms in total. The first-order valence-corrected chi connectivity index (χ1v) is 11.5. The predicted octanol–water partition coefficient (Wildman–Crippen LogP) is 3.77. The summed E-state index contributed by atoms with van der Waals surface area (Å²) in [6.45, 7) is 14.4. The largest absolute Gasteiger partial charge is 0.496 e. The number of rotatable bonds is 3. The second kappa shape index (κ2) is 8.88. The smallest absolute Gasteiger partial charge is 0.444 e. The maximum atomic E-state index is 13.3. The monoisotopic (exact) mass is 464 g/mol. The van der Waals surface area contributed by atoms with E-state index in [0.29, 0.717) is 29.1 Å². The highest BCUT2D eigenvalue weighted by Gasteiger charge is 2.52.